The normalized spacial score (nSPS) is 10.7. The first-order valence-electron chi connectivity index (χ1n) is 8.70. The van der Waals surface area contributed by atoms with E-state index in [9.17, 15) is 4.79 Å². The van der Waals surface area contributed by atoms with Gasteiger partial charge in [0.2, 0.25) is 0 Å². The molecule has 148 valence electrons. The Morgan fingerprint density at radius 3 is 2.59 bits per heavy atom. The van der Waals surface area contributed by atoms with Crippen LogP contribution in [0.25, 0.3) is 0 Å². The number of hydrogen-bond acceptors (Lipinski definition) is 4. The number of nitrogens with zero attached hydrogens (tertiary/aromatic N) is 1. The summed E-state index contributed by atoms with van der Waals surface area (Å²) in [5.74, 6) is 0.926. The third-order valence-electron chi connectivity index (χ3n) is 3.99. The van der Waals surface area contributed by atoms with Crippen molar-refractivity contribution < 1.29 is 14.3 Å². The highest BCUT2D eigenvalue weighted by molar-refractivity contribution is 14.1. The van der Waals surface area contributed by atoms with Crippen molar-refractivity contribution in [3.05, 3.63) is 92.0 Å². The number of amides is 1. The topological polar surface area (TPSA) is 59.9 Å². The van der Waals surface area contributed by atoms with Crippen molar-refractivity contribution in [3.63, 3.8) is 0 Å². The van der Waals surface area contributed by atoms with E-state index in [-0.39, 0.29) is 5.91 Å². The molecule has 0 aromatic heterocycles. The number of rotatable bonds is 7. The van der Waals surface area contributed by atoms with Crippen LogP contribution in [0.15, 0.2) is 71.8 Å². The molecule has 1 amide bonds. The molecule has 0 unspecified atom stereocenters. The Bertz CT molecular complexity index is 1020. The van der Waals surface area contributed by atoms with Crippen LogP contribution in [0.2, 0.25) is 5.02 Å². The van der Waals surface area contributed by atoms with E-state index in [1.165, 1.54) is 0 Å². The van der Waals surface area contributed by atoms with Crippen molar-refractivity contribution in [1.82, 2.24) is 5.43 Å². The summed E-state index contributed by atoms with van der Waals surface area (Å²) in [4.78, 5) is 12.2. The molecule has 3 rings (SSSR count). The number of nitrogens with one attached hydrogen (secondary N) is 1. The van der Waals surface area contributed by atoms with Crippen molar-refractivity contribution in [2.75, 3.05) is 7.11 Å². The zero-order valence-electron chi connectivity index (χ0n) is 15.6. The molecule has 3 aromatic rings. The van der Waals surface area contributed by atoms with Gasteiger partial charge in [0.15, 0.2) is 11.5 Å². The van der Waals surface area contributed by atoms with Crippen LogP contribution < -0.4 is 14.9 Å². The van der Waals surface area contributed by atoms with Gasteiger partial charge in [-0.1, -0.05) is 35.9 Å². The summed E-state index contributed by atoms with van der Waals surface area (Å²) in [6, 6.07) is 20.2. The average Bonchev–Trinajstić information content (AvgIpc) is 2.74. The van der Waals surface area contributed by atoms with Gasteiger partial charge in [-0.25, -0.2) is 5.43 Å². The van der Waals surface area contributed by atoms with Crippen LogP contribution >= 0.6 is 34.2 Å². The maximum Gasteiger partial charge on any atom is 0.272 e. The number of carbonyl (C=O) groups excluding carboxylic acids is 1. The zero-order chi connectivity index (χ0) is 20.6. The SMILES string of the molecule is COc1cc(C=NNC(=O)c2ccccc2I)ccc1OCc1ccc(Cl)cc1. The van der Waals surface area contributed by atoms with Gasteiger partial charge in [-0.15, -0.1) is 0 Å². The molecule has 0 aliphatic rings. The predicted octanol–water partition coefficient (Wildman–Crippen LogP) is 5.30. The predicted molar refractivity (Wildman–Crippen MR) is 123 cm³/mol. The van der Waals surface area contributed by atoms with Gasteiger partial charge in [0.1, 0.15) is 6.61 Å². The summed E-state index contributed by atoms with van der Waals surface area (Å²) in [5, 5.41) is 4.71. The summed E-state index contributed by atoms with van der Waals surface area (Å²) in [6.07, 6.45) is 1.55. The van der Waals surface area contributed by atoms with Crippen LogP contribution in [0.3, 0.4) is 0 Å². The number of hydrazone groups is 1. The maximum absolute atomic E-state index is 12.2. The highest BCUT2D eigenvalue weighted by Crippen LogP contribution is 2.28. The highest BCUT2D eigenvalue weighted by Gasteiger charge is 2.08. The average molecular weight is 521 g/mol. The van der Waals surface area contributed by atoms with Crippen molar-refractivity contribution in [1.29, 1.82) is 0 Å². The van der Waals surface area contributed by atoms with E-state index in [2.05, 4.69) is 33.1 Å². The Morgan fingerprint density at radius 2 is 1.86 bits per heavy atom. The van der Waals surface area contributed by atoms with Gasteiger partial charge < -0.3 is 9.47 Å². The van der Waals surface area contributed by atoms with E-state index in [1.54, 1.807) is 31.5 Å². The monoisotopic (exact) mass is 520 g/mol. The number of halogens is 2. The number of hydrogen-bond donors (Lipinski definition) is 1. The van der Waals surface area contributed by atoms with E-state index < -0.39 is 0 Å². The van der Waals surface area contributed by atoms with Crippen LogP contribution in [0.4, 0.5) is 0 Å². The third-order valence-corrected chi connectivity index (χ3v) is 5.19. The Hall–Kier alpha value is -2.58. The molecule has 0 saturated heterocycles. The molecule has 0 spiro atoms. The minimum absolute atomic E-state index is 0.263. The molecule has 3 aromatic carbocycles. The van der Waals surface area contributed by atoms with Crippen LogP contribution in [0, 0.1) is 3.57 Å². The first kappa shape index (κ1) is 21.1. The fraction of sp³-hybridized carbons (Fsp3) is 0.0909. The number of benzene rings is 3. The van der Waals surface area contributed by atoms with Gasteiger partial charge in [0.05, 0.1) is 18.9 Å². The number of methoxy groups -OCH3 is 1. The summed E-state index contributed by atoms with van der Waals surface area (Å²) in [7, 11) is 1.57. The lowest BCUT2D eigenvalue weighted by molar-refractivity contribution is 0.0954. The van der Waals surface area contributed by atoms with Crippen molar-refractivity contribution in [3.8, 4) is 11.5 Å². The molecule has 0 atom stereocenters. The Morgan fingerprint density at radius 1 is 1.10 bits per heavy atom. The number of ether oxygens (including phenoxy) is 2. The van der Waals surface area contributed by atoms with Crippen LogP contribution in [-0.2, 0) is 6.61 Å². The Balaban J connectivity index is 1.63. The molecular weight excluding hydrogens is 503 g/mol. The van der Waals surface area contributed by atoms with Crippen molar-refractivity contribution in [2.24, 2.45) is 5.10 Å². The molecule has 29 heavy (non-hydrogen) atoms. The lowest BCUT2D eigenvalue weighted by Gasteiger charge is -2.11. The molecule has 0 radical (unpaired) electrons. The fourth-order valence-electron chi connectivity index (χ4n) is 2.50. The van der Waals surface area contributed by atoms with E-state index in [0.29, 0.717) is 28.7 Å². The molecule has 0 aliphatic heterocycles. The lowest BCUT2D eigenvalue weighted by Crippen LogP contribution is -2.18. The highest BCUT2D eigenvalue weighted by atomic mass is 127. The lowest BCUT2D eigenvalue weighted by atomic mass is 10.2. The van der Waals surface area contributed by atoms with Gasteiger partial charge in [0, 0.05) is 8.59 Å². The molecule has 0 bridgehead atoms. The molecule has 5 nitrogen and oxygen atoms in total. The largest absolute Gasteiger partial charge is 0.493 e. The molecule has 0 aliphatic carbocycles. The quantitative estimate of drug-likeness (QED) is 0.261. The minimum Gasteiger partial charge on any atom is -0.493 e. The number of carbonyl (C=O) groups is 1. The summed E-state index contributed by atoms with van der Waals surface area (Å²) >= 11 is 8.01. The van der Waals surface area contributed by atoms with E-state index >= 15 is 0 Å². The van der Waals surface area contributed by atoms with Gasteiger partial charge in [-0.2, -0.15) is 5.10 Å². The molecule has 0 fully saturated rings. The fourth-order valence-corrected chi connectivity index (χ4v) is 3.25. The smallest absolute Gasteiger partial charge is 0.272 e. The summed E-state index contributed by atoms with van der Waals surface area (Å²) in [5.41, 5.74) is 4.88. The minimum atomic E-state index is -0.263. The Labute approximate surface area is 187 Å². The molecule has 1 N–H and O–H groups in total. The Kier molecular flexibility index (Phi) is 7.48. The second kappa shape index (κ2) is 10.3. The second-order valence-corrected chi connectivity index (χ2v) is 7.60. The first-order valence-corrected chi connectivity index (χ1v) is 10.2. The second-order valence-electron chi connectivity index (χ2n) is 6.00. The third kappa shape index (κ3) is 5.95. The van der Waals surface area contributed by atoms with Crippen molar-refractivity contribution >= 4 is 46.3 Å². The zero-order valence-corrected chi connectivity index (χ0v) is 18.5. The van der Waals surface area contributed by atoms with Gasteiger partial charge in [-0.3, -0.25) is 4.79 Å². The standard InChI is InChI=1S/C22H18ClIN2O3/c1-28-21-12-16(13-25-26-22(27)18-4-2-3-5-19(18)24)8-11-20(21)29-14-15-6-9-17(23)10-7-15/h2-13H,14H2,1H3,(H,26,27). The van der Waals surface area contributed by atoms with E-state index in [0.717, 1.165) is 14.7 Å². The molecule has 0 heterocycles. The van der Waals surface area contributed by atoms with Gasteiger partial charge in [-0.05, 0) is 76.2 Å². The van der Waals surface area contributed by atoms with Gasteiger partial charge >= 0.3 is 0 Å². The van der Waals surface area contributed by atoms with Gasteiger partial charge in [0.25, 0.3) is 5.91 Å². The molecule has 0 saturated carbocycles. The first-order chi connectivity index (χ1) is 14.1. The maximum atomic E-state index is 12.2. The summed E-state index contributed by atoms with van der Waals surface area (Å²) < 4.78 is 12.1. The van der Waals surface area contributed by atoms with Crippen LogP contribution in [0.1, 0.15) is 21.5 Å². The van der Waals surface area contributed by atoms with Crippen LogP contribution in [-0.4, -0.2) is 19.2 Å². The summed E-state index contributed by atoms with van der Waals surface area (Å²) in [6.45, 7) is 0.396. The molecular formula is C22H18ClIN2O3. The molecule has 7 heteroatoms. The van der Waals surface area contributed by atoms with E-state index in [1.807, 2.05) is 48.5 Å². The van der Waals surface area contributed by atoms with E-state index in [4.69, 9.17) is 21.1 Å². The van der Waals surface area contributed by atoms with Crippen molar-refractivity contribution in [2.45, 2.75) is 6.61 Å². The van der Waals surface area contributed by atoms with Crippen LogP contribution in [0.5, 0.6) is 11.5 Å².